The van der Waals surface area contributed by atoms with Crippen LogP contribution < -0.4 is 5.32 Å². The molecular formula is C13H17Cl2FN2. The van der Waals surface area contributed by atoms with Crippen LogP contribution >= 0.6 is 23.2 Å². The number of hydrogen-bond donors (Lipinski definition) is 1. The Morgan fingerprint density at radius 2 is 1.83 bits per heavy atom. The molecule has 0 spiro atoms. The van der Waals surface area contributed by atoms with E-state index >= 15 is 0 Å². The fourth-order valence-corrected chi connectivity index (χ4v) is 2.76. The van der Waals surface area contributed by atoms with Crippen LogP contribution in [0.3, 0.4) is 0 Å². The van der Waals surface area contributed by atoms with E-state index in [1.165, 1.54) is 0 Å². The zero-order valence-electron chi connectivity index (χ0n) is 10.3. The van der Waals surface area contributed by atoms with E-state index in [1.807, 2.05) is 0 Å². The molecule has 0 unspecified atom stereocenters. The minimum atomic E-state index is -0.551. The van der Waals surface area contributed by atoms with Crippen molar-refractivity contribution in [2.45, 2.75) is 25.8 Å². The number of nitrogens with zero attached hydrogens (tertiary/aromatic N) is 1. The van der Waals surface area contributed by atoms with E-state index in [-0.39, 0.29) is 10.0 Å². The van der Waals surface area contributed by atoms with E-state index in [9.17, 15) is 4.39 Å². The summed E-state index contributed by atoms with van der Waals surface area (Å²) >= 11 is 11.5. The summed E-state index contributed by atoms with van der Waals surface area (Å²) in [7, 11) is 0. The minimum Gasteiger partial charge on any atom is -0.382 e. The number of likely N-dealkylation sites (tertiary alicyclic amines) is 1. The van der Waals surface area contributed by atoms with Gasteiger partial charge in [0.25, 0.3) is 0 Å². The predicted octanol–water partition coefficient (Wildman–Crippen LogP) is 4.03. The van der Waals surface area contributed by atoms with Gasteiger partial charge < -0.3 is 10.2 Å². The molecule has 0 saturated carbocycles. The van der Waals surface area contributed by atoms with Crippen LogP contribution in [0.1, 0.15) is 19.8 Å². The van der Waals surface area contributed by atoms with Crippen molar-refractivity contribution in [2.75, 3.05) is 25.0 Å². The van der Waals surface area contributed by atoms with Gasteiger partial charge in [0, 0.05) is 24.8 Å². The second kappa shape index (κ2) is 6.09. The first-order valence-corrected chi connectivity index (χ1v) is 6.99. The zero-order chi connectivity index (χ0) is 13.1. The molecule has 5 heteroatoms. The predicted molar refractivity (Wildman–Crippen MR) is 75.2 cm³/mol. The third kappa shape index (κ3) is 3.28. The standard InChI is InChI=1S/C13H17Cl2FN2/c1-2-18-5-3-9(4-6-18)17-10-7-11(14)13(16)12(15)8-10/h7-9,17H,2-6H2,1H3. The highest BCUT2D eigenvalue weighted by atomic mass is 35.5. The molecule has 0 atom stereocenters. The van der Waals surface area contributed by atoms with Crippen molar-refractivity contribution < 1.29 is 4.39 Å². The minimum absolute atomic E-state index is 0.0657. The number of anilines is 1. The van der Waals surface area contributed by atoms with Gasteiger partial charge in [-0.15, -0.1) is 0 Å². The molecule has 100 valence electrons. The van der Waals surface area contributed by atoms with E-state index in [0.29, 0.717) is 6.04 Å². The Bertz CT molecular complexity index is 394. The second-order valence-electron chi connectivity index (χ2n) is 4.61. The Labute approximate surface area is 117 Å². The van der Waals surface area contributed by atoms with Crippen LogP contribution in [-0.4, -0.2) is 30.6 Å². The summed E-state index contributed by atoms with van der Waals surface area (Å²) in [5.74, 6) is -0.551. The van der Waals surface area contributed by atoms with Gasteiger partial charge in [0.05, 0.1) is 10.0 Å². The van der Waals surface area contributed by atoms with Crippen molar-refractivity contribution >= 4 is 28.9 Å². The monoisotopic (exact) mass is 290 g/mol. The van der Waals surface area contributed by atoms with Gasteiger partial charge in [-0.1, -0.05) is 30.1 Å². The molecule has 1 N–H and O–H groups in total. The molecule has 2 rings (SSSR count). The lowest BCUT2D eigenvalue weighted by molar-refractivity contribution is 0.229. The SMILES string of the molecule is CCN1CCC(Nc2cc(Cl)c(F)c(Cl)c2)CC1. The Morgan fingerprint density at radius 3 is 2.33 bits per heavy atom. The molecule has 1 aliphatic heterocycles. The Hall–Kier alpha value is -0.510. The summed E-state index contributed by atoms with van der Waals surface area (Å²) in [4.78, 5) is 2.42. The number of halogens is 3. The lowest BCUT2D eigenvalue weighted by atomic mass is 10.0. The second-order valence-corrected chi connectivity index (χ2v) is 5.42. The first kappa shape index (κ1) is 13.9. The highest BCUT2D eigenvalue weighted by Crippen LogP contribution is 2.28. The fourth-order valence-electron chi connectivity index (χ4n) is 2.27. The highest BCUT2D eigenvalue weighted by Gasteiger charge is 2.18. The molecule has 1 saturated heterocycles. The number of rotatable bonds is 3. The maximum absolute atomic E-state index is 13.3. The maximum Gasteiger partial charge on any atom is 0.160 e. The van der Waals surface area contributed by atoms with Gasteiger partial charge in [-0.2, -0.15) is 0 Å². The summed E-state index contributed by atoms with van der Waals surface area (Å²) < 4.78 is 13.3. The Morgan fingerprint density at radius 1 is 1.28 bits per heavy atom. The van der Waals surface area contributed by atoms with Crippen molar-refractivity contribution in [1.29, 1.82) is 0 Å². The molecule has 0 radical (unpaired) electrons. The topological polar surface area (TPSA) is 15.3 Å². The molecule has 0 aromatic heterocycles. The highest BCUT2D eigenvalue weighted by molar-refractivity contribution is 6.35. The first-order chi connectivity index (χ1) is 8.60. The van der Waals surface area contributed by atoms with Crippen LogP contribution in [0.25, 0.3) is 0 Å². The summed E-state index contributed by atoms with van der Waals surface area (Å²) in [6, 6.07) is 3.59. The molecule has 18 heavy (non-hydrogen) atoms. The molecule has 0 amide bonds. The van der Waals surface area contributed by atoms with Crippen molar-refractivity contribution in [3.05, 3.63) is 28.0 Å². The summed E-state index contributed by atoms with van der Waals surface area (Å²) in [5, 5.41) is 3.50. The molecule has 1 aliphatic rings. The van der Waals surface area contributed by atoms with Gasteiger partial charge in [-0.05, 0) is 31.5 Å². The third-order valence-electron chi connectivity index (χ3n) is 3.39. The molecule has 1 aromatic carbocycles. The normalized spacial score (nSPS) is 18.0. The van der Waals surface area contributed by atoms with Gasteiger partial charge in [-0.25, -0.2) is 4.39 Å². The van der Waals surface area contributed by atoms with Crippen LogP contribution in [0.15, 0.2) is 12.1 Å². The lowest BCUT2D eigenvalue weighted by Crippen LogP contribution is -2.38. The maximum atomic E-state index is 13.3. The average molecular weight is 291 g/mol. The Balaban J connectivity index is 1.98. The van der Waals surface area contributed by atoms with Gasteiger partial charge in [0.15, 0.2) is 5.82 Å². The molecule has 1 fully saturated rings. The zero-order valence-corrected chi connectivity index (χ0v) is 11.9. The number of piperidine rings is 1. The van der Waals surface area contributed by atoms with Crippen LogP contribution in [0.2, 0.25) is 10.0 Å². The first-order valence-electron chi connectivity index (χ1n) is 6.23. The average Bonchev–Trinajstić information content (AvgIpc) is 2.37. The van der Waals surface area contributed by atoms with Gasteiger partial charge >= 0.3 is 0 Å². The Kier molecular flexibility index (Phi) is 4.71. The number of hydrogen-bond acceptors (Lipinski definition) is 2. The quantitative estimate of drug-likeness (QED) is 0.846. The van der Waals surface area contributed by atoms with Crippen LogP contribution in [0.5, 0.6) is 0 Å². The van der Waals surface area contributed by atoms with Crippen molar-refractivity contribution in [1.82, 2.24) is 4.90 Å². The van der Waals surface area contributed by atoms with Crippen molar-refractivity contribution in [2.24, 2.45) is 0 Å². The van der Waals surface area contributed by atoms with E-state index < -0.39 is 5.82 Å². The van der Waals surface area contributed by atoms with Crippen molar-refractivity contribution in [3.8, 4) is 0 Å². The largest absolute Gasteiger partial charge is 0.382 e. The molecule has 1 aromatic rings. The van der Waals surface area contributed by atoms with E-state index in [2.05, 4.69) is 17.1 Å². The number of benzene rings is 1. The molecule has 0 aliphatic carbocycles. The van der Waals surface area contributed by atoms with E-state index in [1.54, 1.807) is 12.1 Å². The summed E-state index contributed by atoms with van der Waals surface area (Å²) in [5.41, 5.74) is 0.793. The summed E-state index contributed by atoms with van der Waals surface area (Å²) in [6.07, 6.45) is 2.17. The number of nitrogens with one attached hydrogen (secondary N) is 1. The fraction of sp³-hybridized carbons (Fsp3) is 0.538. The molecule has 2 nitrogen and oxygen atoms in total. The molecule has 0 bridgehead atoms. The molecular weight excluding hydrogens is 274 g/mol. The van der Waals surface area contributed by atoms with Crippen molar-refractivity contribution in [3.63, 3.8) is 0 Å². The van der Waals surface area contributed by atoms with Gasteiger partial charge in [0.2, 0.25) is 0 Å². The summed E-state index contributed by atoms with van der Waals surface area (Å²) in [6.45, 7) is 5.46. The lowest BCUT2D eigenvalue weighted by Gasteiger charge is -2.32. The van der Waals surface area contributed by atoms with Gasteiger partial charge in [-0.3, -0.25) is 0 Å². The third-order valence-corrected chi connectivity index (χ3v) is 3.94. The van der Waals surface area contributed by atoms with Crippen LogP contribution in [0, 0.1) is 5.82 Å². The van der Waals surface area contributed by atoms with E-state index in [0.717, 1.165) is 38.2 Å². The van der Waals surface area contributed by atoms with Crippen LogP contribution in [0.4, 0.5) is 10.1 Å². The molecule has 1 heterocycles. The smallest absolute Gasteiger partial charge is 0.160 e. The van der Waals surface area contributed by atoms with E-state index in [4.69, 9.17) is 23.2 Å². The van der Waals surface area contributed by atoms with Crippen LogP contribution in [-0.2, 0) is 0 Å². The van der Waals surface area contributed by atoms with Gasteiger partial charge in [0.1, 0.15) is 0 Å².